The first-order valence-corrected chi connectivity index (χ1v) is 6.38. The minimum Gasteiger partial charge on any atom is -0.341 e. The third-order valence-electron chi connectivity index (χ3n) is 3.88. The number of likely N-dealkylation sites (tertiary alicyclic amines) is 1. The van der Waals surface area contributed by atoms with Crippen molar-refractivity contribution in [3.8, 4) is 0 Å². The van der Waals surface area contributed by atoms with Gasteiger partial charge in [-0.1, -0.05) is 0 Å². The normalized spacial score (nSPS) is 27.5. The first kappa shape index (κ1) is 12.7. The molecule has 2 rings (SSSR count). The highest BCUT2D eigenvalue weighted by atomic mass is 19.3. The Balaban J connectivity index is 1.84. The first-order chi connectivity index (χ1) is 7.98. The van der Waals surface area contributed by atoms with E-state index in [-0.39, 0.29) is 11.9 Å². The zero-order valence-corrected chi connectivity index (χ0v) is 10.2. The topological polar surface area (TPSA) is 32.3 Å². The first-order valence-electron chi connectivity index (χ1n) is 6.38. The second-order valence-corrected chi connectivity index (χ2v) is 5.20. The molecule has 2 saturated heterocycles. The highest BCUT2D eigenvalue weighted by Gasteiger charge is 2.38. The minimum absolute atomic E-state index is 0.0753. The van der Waals surface area contributed by atoms with Gasteiger partial charge >= 0.3 is 0 Å². The number of carbonyl (C=O) groups excluding carboxylic acids is 1. The number of nitrogens with zero attached hydrogens (tertiary/aromatic N) is 1. The van der Waals surface area contributed by atoms with E-state index in [9.17, 15) is 13.6 Å². The van der Waals surface area contributed by atoms with E-state index in [0.717, 1.165) is 26.3 Å². The molecule has 0 aromatic carbocycles. The molecule has 0 unspecified atom stereocenters. The van der Waals surface area contributed by atoms with Crippen LogP contribution < -0.4 is 5.32 Å². The van der Waals surface area contributed by atoms with Crippen LogP contribution in [0.5, 0.6) is 0 Å². The maximum Gasteiger partial charge on any atom is 0.248 e. The van der Waals surface area contributed by atoms with Crippen LogP contribution in [0, 0.1) is 5.92 Å². The molecule has 1 N–H and O–H groups in total. The molecule has 0 aromatic rings. The molecule has 1 amide bonds. The number of alkyl halides is 2. The van der Waals surface area contributed by atoms with E-state index < -0.39 is 11.8 Å². The lowest BCUT2D eigenvalue weighted by Crippen LogP contribution is -2.48. The summed E-state index contributed by atoms with van der Waals surface area (Å²) in [6.07, 6.45) is 2.74. The van der Waals surface area contributed by atoms with Crippen molar-refractivity contribution in [2.45, 2.75) is 44.6 Å². The molecule has 98 valence electrons. The van der Waals surface area contributed by atoms with Crippen molar-refractivity contribution in [1.82, 2.24) is 10.2 Å². The summed E-state index contributed by atoms with van der Waals surface area (Å²) in [7, 11) is 0. The highest BCUT2D eigenvalue weighted by molar-refractivity contribution is 5.82. The molecule has 1 atom stereocenters. The van der Waals surface area contributed by atoms with Gasteiger partial charge in [0, 0.05) is 19.0 Å². The lowest BCUT2D eigenvalue weighted by molar-refractivity contribution is -0.137. The number of nitrogens with one attached hydrogen (secondary N) is 1. The Morgan fingerprint density at radius 3 is 2.41 bits per heavy atom. The fraction of sp³-hybridized carbons (Fsp3) is 0.917. The average Bonchev–Trinajstić information content (AvgIpc) is 2.80. The summed E-state index contributed by atoms with van der Waals surface area (Å²) in [4.78, 5) is 13.8. The monoisotopic (exact) mass is 246 g/mol. The van der Waals surface area contributed by atoms with Crippen LogP contribution in [0.15, 0.2) is 0 Å². The Labute approximate surface area is 101 Å². The number of piperidine rings is 1. The predicted molar refractivity (Wildman–Crippen MR) is 60.9 cm³/mol. The molecule has 0 radical (unpaired) electrons. The van der Waals surface area contributed by atoms with Crippen molar-refractivity contribution < 1.29 is 13.6 Å². The van der Waals surface area contributed by atoms with Gasteiger partial charge in [0.15, 0.2) is 0 Å². The van der Waals surface area contributed by atoms with Gasteiger partial charge in [0.05, 0.1) is 6.04 Å². The van der Waals surface area contributed by atoms with Gasteiger partial charge in [-0.2, -0.15) is 0 Å². The Morgan fingerprint density at radius 2 is 1.94 bits per heavy atom. The Kier molecular flexibility index (Phi) is 3.66. The third-order valence-corrected chi connectivity index (χ3v) is 3.88. The van der Waals surface area contributed by atoms with Gasteiger partial charge in [-0.15, -0.1) is 0 Å². The van der Waals surface area contributed by atoms with Crippen molar-refractivity contribution in [3.63, 3.8) is 0 Å². The summed E-state index contributed by atoms with van der Waals surface area (Å²) in [5, 5.41) is 3.16. The van der Waals surface area contributed by atoms with Gasteiger partial charge in [-0.3, -0.25) is 4.79 Å². The van der Waals surface area contributed by atoms with Gasteiger partial charge in [-0.05, 0) is 39.2 Å². The number of rotatable bonds is 2. The molecule has 2 aliphatic rings. The second kappa shape index (κ2) is 4.88. The molecule has 2 heterocycles. The van der Waals surface area contributed by atoms with Crippen LogP contribution in [-0.4, -0.2) is 42.4 Å². The molecule has 0 saturated carbocycles. The molecule has 5 heteroatoms. The van der Waals surface area contributed by atoms with Gasteiger partial charge in [-0.25, -0.2) is 8.78 Å². The van der Waals surface area contributed by atoms with Gasteiger partial charge in [0.25, 0.3) is 0 Å². The van der Waals surface area contributed by atoms with E-state index in [1.807, 2.05) is 0 Å². The molecule has 0 bridgehead atoms. The number of hydrogen-bond acceptors (Lipinski definition) is 2. The molecule has 2 fully saturated rings. The van der Waals surface area contributed by atoms with Gasteiger partial charge in [0.1, 0.15) is 0 Å². The fourth-order valence-corrected chi connectivity index (χ4v) is 2.72. The maximum absolute atomic E-state index is 13.1. The van der Waals surface area contributed by atoms with E-state index in [0.29, 0.717) is 25.9 Å². The maximum atomic E-state index is 13.1. The summed E-state index contributed by atoms with van der Waals surface area (Å²) in [5.41, 5.74) is 0. The number of amides is 1. The van der Waals surface area contributed by atoms with Crippen molar-refractivity contribution in [1.29, 1.82) is 0 Å². The van der Waals surface area contributed by atoms with Crippen LogP contribution in [0.25, 0.3) is 0 Å². The van der Waals surface area contributed by atoms with Crippen molar-refractivity contribution >= 4 is 5.91 Å². The number of hydrogen-bond donors (Lipinski definition) is 1. The van der Waals surface area contributed by atoms with Crippen LogP contribution in [0.1, 0.15) is 32.6 Å². The van der Waals surface area contributed by atoms with Crippen LogP contribution in [0.2, 0.25) is 0 Å². The van der Waals surface area contributed by atoms with E-state index in [4.69, 9.17) is 0 Å². The average molecular weight is 246 g/mol. The number of carbonyl (C=O) groups is 1. The van der Waals surface area contributed by atoms with Crippen molar-refractivity contribution in [2.75, 3.05) is 19.6 Å². The van der Waals surface area contributed by atoms with Gasteiger partial charge < -0.3 is 10.2 Å². The molecule has 2 aliphatic heterocycles. The van der Waals surface area contributed by atoms with Crippen LogP contribution in [0.3, 0.4) is 0 Å². The quantitative estimate of drug-likeness (QED) is 0.803. The Hall–Kier alpha value is -0.710. The predicted octanol–water partition coefficient (Wildman–Crippen LogP) is 1.63. The molecule has 0 aliphatic carbocycles. The minimum atomic E-state index is -2.61. The molecular weight excluding hydrogens is 226 g/mol. The summed E-state index contributed by atoms with van der Waals surface area (Å²) >= 11 is 0. The SMILES string of the molecule is CC(F)(F)C1CCN(C(=O)[C@@H]2CCCN2)CC1. The zero-order chi connectivity index (χ0) is 12.5. The molecule has 3 nitrogen and oxygen atoms in total. The smallest absolute Gasteiger partial charge is 0.248 e. The van der Waals surface area contributed by atoms with E-state index in [2.05, 4.69) is 5.32 Å². The van der Waals surface area contributed by atoms with Crippen molar-refractivity contribution in [3.05, 3.63) is 0 Å². The van der Waals surface area contributed by atoms with Crippen LogP contribution >= 0.6 is 0 Å². The largest absolute Gasteiger partial charge is 0.341 e. The summed E-state index contributed by atoms with van der Waals surface area (Å²) in [6.45, 7) is 2.82. The van der Waals surface area contributed by atoms with Crippen molar-refractivity contribution in [2.24, 2.45) is 5.92 Å². The Morgan fingerprint density at radius 1 is 1.29 bits per heavy atom. The standard InChI is InChI=1S/C12H20F2N2O/c1-12(13,14)9-4-7-16(8-5-9)11(17)10-3-2-6-15-10/h9-10,15H,2-8H2,1H3/t10-/m0/s1. The molecule has 0 aromatic heterocycles. The summed E-state index contributed by atoms with van der Waals surface area (Å²) in [5.74, 6) is -3.08. The molecule has 0 spiro atoms. The van der Waals surface area contributed by atoms with Crippen LogP contribution in [-0.2, 0) is 4.79 Å². The summed E-state index contributed by atoms with van der Waals surface area (Å²) in [6, 6.07) is -0.0753. The van der Waals surface area contributed by atoms with E-state index in [1.54, 1.807) is 4.90 Å². The third kappa shape index (κ3) is 2.94. The molecular formula is C12H20F2N2O. The van der Waals surface area contributed by atoms with E-state index in [1.165, 1.54) is 0 Å². The summed E-state index contributed by atoms with van der Waals surface area (Å²) < 4.78 is 26.2. The second-order valence-electron chi connectivity index (χ2n) is 5.20. The lowest BCUT2D eigenvalue weighted by atomic mass is 9.91. The van der Waals surface area contributed by atoms with Crippen LogP contribution in [0.4, 0.5) is 8.78 Å². The molecule has 17 heavy (non-hydrogen) atoms. The Bertz CT molecular complexity index is 277. The zero-order valence-electron chi connectivity index (χ0n) is 10.2. The highest BCUT2D eigenvalue weighted by Crippen LogP contribution is 2.32. The fourth-order valence-electron chi connectivity index (χ4n) is 2.72. The van der Waals surface area contributed by atoms with E-state index >= 15 is 0 Å². The lowest BCUT2D eigenvalue weighted by Gasteiger charge is -2.35. The number of halogens is 2. The van der Waals surface area contributed by atoms with Gasteiger partial charge in [0.2, 0.25) is 11.8 Å².